The molecule has 2 aliphatic carbocycles. The third-order valence-electron chi connectivity index (χ3n) is 10.1. The van der Waals surface area contributed by atoms with Gasteiger partial charge < -0.3 is 5.11 Å². The van der Waals surface area contributed by atoms with E-state index < -0.39 is 29.6 Å². The summed E-state index contributed by atoms with van der Waals surface area (Å²) in [6, 6.07) is 21.9. The van der Waals surface area contributed by atoms with Crippen molar-refractivity contribution in [2.45, 2.75) is 45.4 Å². The first kappa shape index (κ1) is 27.3. The van der Waals surface area contributed by atoms with Crippen molar-refractivity contribution >= 4 is 35.0 Å². The molecule has 0 spiro atoms. The number of rotatable bonds is 5. The number of allylic oxidation sites excluding steroid dienone is 2. The lowest BCUT2D eigenvalue weighted by Crippen LogP contribution is -2.43. The molecular formula is C36H34N2O5. The van der Waals surface area contributed by atoms with E-state index in [-0.39, 0.29) is 35.3 Å². The lowest BCUT2D eigenvalue weighted by molar-refractivity contribution is -0.126. The first-order valence-electron chi connectivity index (χ1n) is 15.2. The Morgan fingerprint density at radius 1 is 0.674 bits per heavy atom. The molecule has 7 rings (SSSR count). The van der Waals surface area contributed by atoms with E-state index in [1.165, 1.54) is 9.80 Å². The van der Waals surface area contributed by atoms with Crippen LogP contribution in [0.4, 0.5) is 11.4 Å². The molecule has 3 fully saturated rings. The number of amides is 4. The van der Waals surface area contributed by atoms with Gasteiger partial charge in [0.15, 0.2) is 0 Å². The topological polar surface area (TPSA) is 95.0 Å². The maximum Gasteiger partial charge on any atom is 0.238 e. The number of phenolic OH excluding ortho intramolecular Hbond substituents is 1. The molecule has 2 heterocycles. The van der Waals surface area contributed by atoms with E-state index >= 15 is 0 Å². The summed E-state index contributed by atoms with van der Waals surface area (Å²) in [4.78, 5) is 58.7. The highest BCUT2D eigenvalue weighted by atomic mass is 16.3. The molecule has 2 saturated heterocycles. The Hall–Kier alpha value is -4.52. The molecule has 2 aliphatic heterocycles. The Kier molecular flexibility index (Phi) is 6.56. The molecule has 43 heavy (non-hydrogen) atoms. The Bertz CT molecular complexity index is 1670. The van der Waals surface area contributed by atoms with E-state index in [4.69, 9.17) is 0 Å². The van der Waals surface area contributed by atoms with Crippen LogP contribution in [0.3, 0.4) is 0 Å². The molecule has 0 aromatic heterocycles. The number of aromatic hydroxyl groups is 1. The average Bonchev–Trinajstić information content (AvgIpc) is 3.43. The zero-order valence-corrected chi connectivity index (χ0v) is 24.3. The zero-order valence-electron chi connectivity index (χ0n) is 24.3. The molecule has 3 aromatic rings. The maximum absolute atomic E-state index is 14.2. The average molecular weight is 575 g/mol. The van der Waals surface area contributed by atoms with Crippen LogP contribution < -0.4 is 9.80 Å². The quantitative estimate of drug-likeness (QED) is 0.318. The van der Waals surface area contributed by atoms with Crippen LogP contribution >= 0.6 is 0 Å². The van der Waals surface area contributed by atoms with Crippen LogP contribution in [-0.4, -0.2) is 28.7 Å². The van der Waals surface area contributed by atoms with Crippen molar-refractivity contribution in [1.29, 1.82) is 0 Å². The summed E-state index contributed by atoms with van der Waals surface area (Å²) in [5, 5.41) is 10.4. The second kappa shape index (κ2) is 10.3. The van der Waals surface area contributed by atoms with Crippen molar-refractivity contribution in [2.24, 2.45) is 29.6 Å². The van der Waals surface area contributed by atoms with Gasteiger partial charge in [-0.1, -0.05) is 61.9 Å². The summed E-state index contributed by atoms with van der Waals surface area (Å²) >= 11 is 0. The van der Waals surface area contributed by atoms with Crippen molar-refractivity contribution in [3.8, 4) is 5.75 Å². The molecule has 1 N–H and O–H groups in total. The number of fused-ring (bicyclic) bond motifs is 4. The first-order chi connectivity index (χ1) is 20.8. The zero-order chi connectivity index (χ0) is 30.0. The summed E-state index contributed by atoms with van der Waals surface area (Å²) in [5.74, 6) is -4.21. The number of aryl methyl sites for hydroxylation is 2. The number of phenols is 1. The third kappa shape index (κ3) is 4.16. The number of anilines is 2. The van der Waals surface area contributed by atoms with Crippen LogP contribution in [0.5, 0.6) is 5.75 Å². The number of imide groups is 2. The van der Waals surface area contributed by atoms with Gasteiger partial charge in [0.25, 0.3) is 0 Å². The standard InChI is InChI=1S/C36H34N2O5/c1-3-20-8-12-23(13-9-20)37-33(40)27-17-16-26-28(31(27)35(37)42)19-29-32(30(26)22-6-5-7-25(39)18-22)36(43)38(34(29)41)24-14-10-21(4-2)11-15-24/h5-16,18,27-32,39H,3-4,17,19H2,1-2H3/t27-,28+,29+,30-,31-,32+/m0/s1. The summed E-state index contributed by atoms with van der Waals surface area (Å²) < 4.78 is 0. The fraction of sp³-hybridized carbons (Fsp3) is 0.333. The van der Waals surface area contributed by atoms with Gasteiger partial charge in [0, 0.05) is 5.92 Å². The van der Waals surface area contributed by atoms with Crippen molar-refractivity contribution in [3.63, 3.8) is 0 Å². The molecule has 6 atom stereocenters. The van der Waals surface area contributed by atoms with Gasteiger partial charge in [-0.25, -0.2) is 0 Å². The highest BCUT2D eigenvalue weighted by molar-refractivity contribution is 6.24. The normalized spacial score (nSPS) is 28.1. The van der Waals surface area contributed by atoms with Gasteiger partial charge in [-0.05, 0) is 84.7 Å². The van der Waals surface area contributed by atoms with Gasteiger partial charge in [-0.3, -0.25) is 29.0 Å². The minimum absolute atomic E-state index is 0.0723. The Morgan fingerprint density at radius 2 is 1.23 bits per heavy atom. The lowest BCUT2D eigenvalue weighted by Gasteiger charge is -2.44. The highest BCUT2D eigenvalue weighted by Gasteiger charge is 2.62. The highest BCUT2D eigenvalue weighted by Crippen LogP contribution is 2.58. The van der Waals surface area contributed by atoms with Gasteiger partial charge in [-0.2, -0.15) is 0 Å². The Balaban J connectivity index is 1.30. The molecule has 4 aliphatic rings. The van der Waals surface area contributed by atoms with Crippen LogP contribution in [0.2, 0.25) is 0 Å². The molecule has 7 nitrogen and oxygen atoms in total. The molecule has 3 aromatic carbocycles. The molecule has 0 bridgehead atoms. The molecule has 1 saturated carbocycles. The number of carbonyl (C=O) groups is 4. The Morgan fingerprint density at radius 3 is 1.79 bits per heavy atom. The third-order valence-corrected chi connectivity index (χ3v) is 10.1. The van der Waals surface area contributed by atoms with E-state index in [1.54, 1.807) is 18.2 Å². The van der Waals surface area contributed by atoms with E-state index in [2.05, 4.69) is 13.8 Å². The molecular weight excluding hydrogens is 540 g/mol. The predicted molar refractivity (Wildman–Crippen MR) is 162 cm³/mol. The van der Waals surface area contributed by atoms with Gasteiger partial charge >= 0.3 is 0 Å². The maximum atomic E-state index is 14.2. The largest absolute Gasteiger partial charge is 0.508 e. The van der Waals surface area contributed by atoms with Crippen molar-refractivity contribution < 1.29 is 24.3 Å². The van der Waals surface area contributed by atoms with Gasteiger partial charge in [-0.15, -0.1) is 0 Å². The fourth-order valence-electron chi connectivity index (χ4n) is 7.95. The summed E-state index contributed by atoms with van der Waals surface area (Å²) in [5.41, 5.74) is 4.99. The number of carbonyl (C=O) groups excluding carboxylic acids is 4. The van der Waals surface area contributed by atoms with Crippen molar-refractivity contribution in [2.75, 3.05) is 9.80 Å². The van der Waals surface area contributed by atoms with Crippen molar-refractivity contribution in [3.05, 3.63) is 101 Å². The van der Waals surface area contributed by atoms with Crippen LogP contribution in [0, 0.1) is 29.6 Å². The number of nitrogens with zero attached hydrogens (tertiary/aromatic N) is 2. The van der Waals surface area contributed by atoms with Crippen LogP contribution in [0.15, 0.2) is 84.4 Å². The number of benzene rings is 3. The van der Waals surface area contributed by atoms with E-state index in [0.717, 1.165) is 35.1 Å². The molecule has 0 radical (unpaired) electrons. The smallest absolute Gasteiger partial charge is 0.238 e. The Labute approximate surface area is 250 Å². The van der Waals surface area contributed by atoms with Crippen LogP contribution in [-0.2, 0) is 32.0 Å². The minimum Gasteiger partial charge on any atom is -0.508 e. The van der Waals surface area contributed by atoms with Crippen LogP contribution in [0.1, 0.15) is 49.3 Å². The van der Waals surface area contributed by atoms with E-state index in [0.29, 0.717) is 24.2 Å². The number of hydrogen-bond donors (Lipinski definition) is 1. The monoisotopic (exact) mass is 574 g/mol. The summed E-state index contributed by atoms with van der Waals surface area (Å²) in [6.45, 7) is 4.10. The fourth-order valence-corrected chi connectivity index (χ4v) is 7.95. The molecule has 4 amide bonds. The molecule has 218 valence electrons. The summed E-state index contributed by atoms with van der Waals surface area (Å²) in [7, 11) is 0. The van der Waals surface area contributed by atoms with Gasteiger partial charge in [0.1, 0.15) is 5.75 Å². The summed E-state index contributed by atoms with van der Waals surface area (Å²) in [6.07, 6.45) is 4.44. The first-order valence-corrected chi connectivity index (χ1v) is 15.2. The minimum atomic E-state index is -0.663. The number of hydrogen-bond acceptors (Lipinski definition) is 5. The molecule has 7 heteroatoms. The van der Waals surface area contributed by atoms with Crippen molar-refractivity contribution in [1.82, 2.24) is 0 Å². The van der Waals surface area contributed by atoms with Crippen LogP contribution in [0.25, 0.3) is 0 Å². The van der Waals surface area contributed by atoms with E-state index in [9.17, 15) is 24.3 Å². The second-order valence-electron chi connectivity index (χ2n) is 12.2. The predicted octanol–water partition coefficient (Wildman–Crippen LogP) is 5.56. The lowest BCUT2D eigenvalue weighted by atomic mass is 9.57. The second-order valence-corrected chi connectivity index (χ2v) is 12.2. The van der Waals surface area contributed by atoms with E-state index in [1.807, 2.05) is 60.7 Å². The van der Waals surface area contributed by atoms with Gasteiger partial charge in [0.2, 0.25) is 23.6 Å². The SMILES string of the molecule is CCc1ccc(N2C(=O)[C@H]3[C@H](CC=C4[C@H]3C[C@H]3C(=O)N(c5ccc(CC)cc5)C(=O)[C@H]3[C@H]4c3cccc(O)c3)C2=O)cc1. The van der Waals surface area contributed by atoms with Gasteiger partial charge in [0.05, 0.1) is 35.0 Å². The molecule has 0 unspecified atom stereocenters.